The first kappa shape index (κ1) is 18.2. The zero-order chi connectivity index (χ0) is 18.7. The Hall–Kier alpha value is -2.61. The fourth-order valence-corrected chi connectivity index (χ4v) is 4.57. The van der Waals surface area contributed by atoms with Gasteiger partial charge in [-0.05, 0) is 36.2 Å². The molecule has 1 heterocycles. The number of ether oxygens (including phenoxy) is 1. The molecule has 0 saturated carbocycles. The van der Waals surface area contributed by atoms with Crippen LogP contribution in [0.5, 0.6) is 5.75 Å². The van der Waals surface area contributed by atoms with Crippen molar-refractivity contribution in [3.8, 4) is 5.75 Å². The summed E-state index contributed by atoms with van der Waals surface area (Å²) in [5.74, 6) is -1.29. The van der Waals surface area contributed by atoms with Crippen LogP contribution in [0.3, 0.4) is 0 Å². The standard InChI is InChI=1S/C18H20N2O5S/c1-12(25-16-7-6-13-4-2-3-5-14(13)10-16)17(21)19-20-18(22)15-8-9-26(23,24)11-15/h2-7,10,12,15H,8-9,11H2,1H3,(H,19,21)(H,20,22). The molecule has 2 atom stereocenters. The minimum atomic E-state index is -3.15. The lowest BCUT2D eigenvalue weighted by Crippen LogP contribution is -2.49. The van der Waals surface area contributed by atoms with Crippen LogP contribution >= 0.6 is 0 Å². The van der Waals surface area contributed by atoms with E-state index >= 15 is 0 Å². The Bertz CT molecular complexity index is 942. The molecular weight excluding hydrogens is 356 g/mol. The zero-order valence-corrected chi connectivity index (χ0v) is 15.1. The maximum absolute atomic E-state index is 12.1. The summed E-state index contributed by atoms with van der Waals surface area (Å²) in [6.07, 6.45) is -0.559. The normalized spacial score (nSPS) is 19.7. The van der Waals surface area contributed by atoms with Gasteiger partial charge in [0.2, 0.25) is 5.91 Å². The molecule has 2 amide bonds. The maximum atomic E-state index is 12.1. The van der Waals surface area contributed by atoms with Crippen LogP contribution in [0, 0.1) is 5.92 Å². The van der Waals surface area contributed by atoms with Gasteiger partial charge in [0.25, 0.3) is 5.91 Å². The van der Waals surface area contributed by atoms with E-state index in [1.165, 1.54) is 0 Å². The number of carbonyl (C=O) groups is 2. The number of fused-ring (bicyclic) bond motifs is 1. The van der Waals surface area contributed by atoms with Gasteiger partial charge in [0, 0.05) is 0 Å². The maximum Gasteiger partial charge on any atom is 0.279 e. The van der Waals surface area contributed by atoms with E-state index in [1.54, 1.807) is 13.0 Å². The molecule has 0 bridgehead atoms. The molecule has 2 unspecified atom stereocenters. The summed E-state index contributed by atoms with van der Waals surface area (Å²) >= 11 is 0. The quantitative estimate of drug-likeness (QED) is 0.781. The van der Waals surface area contributed by atoms with Gasteiger partial charge in [-0.2, -0.15) is 0 Å². The summed E-state index contributed by atoms with van der Waals surface area (Å²) in [6.45, 7) is 1.57. The van der Waals surface area contributed by atoms with Crippen molar-refractivity contribution in [3.05, 3.63) is 42.5 Å². The summed E-state index contributed by atoms with van der Waals surface area (Å²) in [5, 5.41) is 2.06. The molecule has 0 aromatic heterocycles. The third-order valence-electron chi connectivity index (χ3n) is 4.32. The topological polar surface area (TPSA) is 102 Å². The van der Waals surface area contributed by atoms with Crippen LogP contribution in [-0.2, 0) is 19.4 Å². The van der Waals surface area contributed by atoms with Crippen molar-refractivity contribution in [1.29, 1.82) is 0 Å². The van der Waals surface area contributed by atoms with Crippen LogP contribution in [0.4, 0.5) is 0 Å². The minimum absolute atomic E-state index is 0.000506. The Balaban J connectivity index is 1.53. The Morgan fingerprint density at radius 1 is 1.12 bits per heavy atom. The fraction of sp³-hybridized carbons (Fsp3) is 0.333. The summed E-state index contributed by atoms with van der Waals surface area (Å²) in [6, 6.07) is 13.3. The van der Waals surface area contributed by atoms with Crippen molar-refractivity contribution < 1.29 is 22.7 Å². The second kappa shape index (κ2) is 7.33. The van der Waals surface area contributed by atoms with Gasteiger partial charge in [0.05, 0.1) is 17.4 Å². The monoisotopic (exact) mass is 376 g/mol. The second-order valence-electron chi connectivity index (χ2n) is 6.35. The smallest absolute Gasteiger partial charge is 0.279 e. The zero-order valence-electron chi connectivity index (χ0n) is 14.3. The largest absolute Gasteiger partial charge is 0.481 e. The van der Waals surface area contributed by atoms with Crippen molar-refractivity contribution in [2.45, 2.75) is 19.4 Å². The molecular formula is C18H20N2O5S. The van der Waals surface area contributed by atoms with Crippen LogP contribution in [0.15, 0.2) is 42.5 Å². The van der Waals surface area contributed by atoms with Crippen LogP contribution in [-0.4, -0.2) is 37.8 Å². The van der Waals surface area contributed by atoms with Crippen molar-refractivity contribution in [1.82, 2.24) is 10.9 Å². The molecule has 0 aliphatic carbocycles. The van der Waals surface area contributed by atoms with Gasteiger partial charge >= 0.3 is 0 Å². The molecule has 0 radical (unpaired) electrons. The number of amides is 2. The lowest BCUT2D eigenvalue weighted by atomic mass is 10.1. The molecule has 1 fully saturated rings. The lowest BCUT2D eigenvalue weighted by molar-refractivity contribution is -0.134. The molecule has 2 N–H and O–H groups in total. The number of hydrazine groups is 1. The number of carbonyl (C=O) groups excluding carboxylic acids is 2. The van der Waals surface area contributed by atoms with Crippen molar-refractivity contribution in [2.75, 3.05) is 11.5 Å². The van der Waals surface area contributed by atoms with Crippen molar-refractivity contribution in [2.24, 2.45) is 5.92 Å². The number of hydrogen-bond acceptors (Lipinski definition) is 5. The van der Waals surface area contributed by atoms with Crippen LogP contribution in [0.2, 0.25) is 0 Å². The van der Waals surface area contributed by atoms with Gasteiger partial charge in [0.15, 0.2) is 15.9 Å². The number of nitrogens with one attached hydrogen (secondary N) is 2. The van der Waals surface area contributed by atoms with Gasteiger partial charge in [-0.3, -0.25) is 20.4 Å². The molecule has 138 valence electrons. The highest BCUT2D eigenvalue weighted by Crippen LogP contribution is 2.21. The predicted molar refractivity (Wildman–Crippen MR) is 97.1 cm³/mol. The minimum Gasteiger partial charge on any atom is -0.481 e. The molecule has 2 aromatic rings. The predicted octanol–water partition coefficient (Wildman–Crippen LogP) is 1.19. The summed E-state index contributed by atoms with van der Waals surface area (Å²) in [4.78, 5) is 24.0. The van der Waals surface area contributed by atoms with Gasteiger partial charge in [-0.25, -0.2) is 8.42 Å². The molecule has 2 aromatic carbocycles. The number of sulfone groups is 1. The summed E-state index contributed by atoms with van der Waals surface area (Å²) in [5.41, 5.74) is 4.56. The van der Waals surface area contributed by atoms with Gasteiger partial charge in [0.1, 0.15) is 5.75 Å². The number of rotatable bonds is 4. The highest BCUT2D eigenvalue weighted by atomic mass is 32.2. The Kier molecular flexibility index (Phi) is 5.13. The second-order valence-corrected chi connectivity index (χ2v) is 8.58. The van der Waals surface area contributed by atoms with Crippen LogP contribution < -0.4 is 15.6 Å². The van der Waals surface area contributed by atoms with Gasteiger partial charge < -0.3 is 4.74 Å². The third kappa shape index (κ3) is 4.32. The third-order valence-corrected chi connectivity index (χ3v) is 6.08. The molecule has 1 saturated heterocycles. The Labute approximate surface area is 151 Å². The van der Waals surface area contributed by atoms with E-state index in [1.807, 2.05) is 36.4 Å². The first-order valence-corrected chi connectivity index (χ1v) is 10.1. The fourth-order valence-electron chi connectivity index (χ4n) is 2.83. The van der Waals surface area contributed by atoms with E-state index in [4.69, 9.17) is 4.74 Å². The molecule has 3 rings (SSSR count). The Morgan fingerprint density at radius 2 is 1.85 bits per heavy atom. The van der Waals surface area contributed by atoms with E-state index in [0.717, 1.165) is 10.8 Å². The first-order valence-electron chi connectivity index (χ1n) is 8.30. The Morgan fingerprint density at radius 3 is 2.54 bits per heavy atom. The molecule has 7 nitrogen and oxygen atoms in total. The van der Waals surface area contributed by atoms with E-state index in [0.29, 0.717) is 5.75 Å². The molecule has 0 spiro atoms. The van der Waals surface area contributed by atoms with Crippen molar-refractivity contribution in [3.63, 3.8) is 0 Å². The first-order chi connectivity index (χ1) is 12.3. The van der Waals surface area contributed by atoms with E-state index < -0.39 is 33.7 Å². The average Bonchev–Trinajstić information content (AvgIpc) is 2.99. The van der Waals surface area contributed by atoms with Crippen LogP contribution in [0.1, 0.15) is 13.3 Å². The summed E-state index contributed by atoms with van der Waals surface area (Å²) < 4.78 is 28.4. The van der Waals surface area contributed by atoms with E-state index in [9.17, 15) is 18.0 Å². The average molecular weight is 376 g/mol. The van der Waals surface area contributed by atoms with Crippen LogP contribution in [0.25, 0.3) is 10.8 Å². The number of benzene rings is 2. The highest BCUT2D eigenvalue weighted by Gasteiger charge is 2.33. The van der Waals surface area contributed by atoms with E-state index in [-0.39, 0.29) is 17.9 Å². The molecule has 26 heavy (non-hydrogen) atoms. The molecule has 1 aliphatic heterocycles. The highest BCUT2D eigenvalue weighted by molar-refractivity contribution is 7.91. The van der Waals surface area contributed by atoms with Gasteiger partial charge in [-0.1, -0.05) is 30.3 Å². The molecule has 8 heteroatoms. The SMILES string of the molecule is CC(Oc1ccc2ccccc2c1)C(=O)NNC(=O)C1CCS(=O)(=O)C1. The van der Waals surface area contributed by atoms with Gasteiger partial charge in [-0.15, -0.1) is 0 Å². The lowest BCUT2D eigenvalue weighted by Gasteiger charge is -2.16. The molecule has 1 aliphatic rings. The number of hydrogen-bond donors (Lipinski definition) is 2. The van der Waals surface area contributed by atoms with Crippen molar-refractivity contribution >= 4 is 32.4 Å². The summed E-state index contributed by atoms with van der Waals surface area (Å²) in [7, 11) is -3.15. The van der Waals surface area contributed by atoms with E-state index in [2.05, 4.69) is 10.9 Å².